The van der Waals surface area contributed by atoms with Crippen molar-refractivity contribution in [1.29, 1.82) is 0 Å². The van der Waals surface area contributed by atoms with Gasteiger partial charge in [-0.05, 0) is 31.0 Å². The summed E-state index contributed by atoms with van der Waals surface area (Å²) in [6.07, 6.45) is 5.81. The highest BCUT2D eigenvalue weighted by Gasteiger charge is 2.23. The Morgan fingerprint density at radius 2 is 1.44 bits per heavy atom. The molecule has 0 saturated heterocycles. The van der Waals surface area contributed by atoms with Crippen molar-refractivity contribution in [2.75, 3.05) is 20.3 Å². The molecule has 2 aromatic rings. The minimum Gasteiger partial charge on any atom is -0.493 e. The van der Waals surface area contributed by atoms with E-state index in [4.69, 9.17) is 72.2 Å². The Balaban J connectivity index is 1.59. The van der Waals surface area contributed by atoms with E-state index < -0.39 is 0 Å². The molecule has 0 heterocycles. The fourth-order valence-electron chi connectivity index (χ4n) is 3.67. The van der Waals surface area contributed by atoms with Crippen molar-refractivity contribution in [2.45, 2.75) is 38.5 Å². The Morgan fingerprint density at radius 3 is 2.06 bits per heavy atom. The second-order valence-electron chi connectivity index (χ2n) is 7.51. The maximum Gasteiger partial charge on any atom is 0.166 e. The molecular formula is C23H23Cl5O4. The second-order valence-corrected chi connectivity index (χ2v) is 9.40. The van der Waals surface area contributed by atoms with Gasteiger partial charge in [-0.25, -0.2) is 0 Å². The first-order chi connectivity index (χ1) is 15.3. The molecule has 1 saturated carbocycles. The summed E-state index contributed by atoms with van der Waals surface area (Å²) in [5.41, 5.74) is 0.646. The van der Waals surface area contributed by atoms with E-state index in [2.05, 4.69) is 0 Å². The summed E-state index contributed by atoms with van der Waals surface area (Å²) in [7, 11) is 1.56. The Bertz CT molecular complexity index is 944. The van der Waals surface area contributed by atoms with E-state index in [1.54, 1.807) is 25.3 Å². The second kappa shape index (κ2) is 11.9. The average Bonchev–Trinajstić information content (AvgIpc) is 2.83. The normalized spacial score (nSPS) is 14.3. The Kier molecular flexibility index (Phi) is 9.51. The first-order valence-electron chi connectivity index (χ1n) is 10.3. The van der Waals surface area contributed by atoms with Gasteiger partial charge in [0.15, 0.2) is 23.0 Å². The average molecular weight is 541 g/mol. The molecule has 0 bridgehead atoms. The van der Waals surface area contributed by atoms with Crippen molar-refractivity contribution in [3.8, 4) is 17.2 Å². The van der Waals surface area contributed by atoms with E-state index in [-0.39, 0.29) is 49.2 Å². The lowest BCUT2D eigenvalue weighted by molar-refractivity contribution is 0.0889. The van der Waals surface area contributed by atoms with Gasteiger partial charge in [-0.2, -0.15) is 0 Å². The molecule has 0 amide bonds. The van der Waals surface area contributed by atoms with E-state index in [9.17, 15) is 4.79 Å². The smallest absolute Gasteiger partial charge is 0.166 e. The summed E-state index contributed by atoms with van der Waals surface area (Å²) >= 11 is 30.4. The molecule has 0 radical (unpaired) electrons. The van der Waals surface area contributed by atoms with Gasteiger partial charge in [0.05, 0.1) is 35.4 Å². The van der Waals surface area contributed by atoms with Crippen LogP contribution in [0.1, 0.15) is 48.9 Å². The van der Waals surface area contributed by atoms with Crippen molar-refractivity contribution in [3.63, 3.8) is 0 Å². The summed E-state index contributed by atoms with van der Waals surface area (Å²) in [5, 5.41) is 0.440. The van der Waals surface area contributed by atoms with Gasteiger partial charge in [-0.3, -0.25) is 4.79 Å². The molecule has 1 fully saturated rings. The van der Waals surface area contributed by atoms with Crippen LogP contribution in [0, 0.1) is 5.92 Å². The van der Waals surface area contributed by atoms with E-state index in [1.807, 2.05) is 0 Å². The minimum absolute atomic E-state index is 0.0776. The monoisotopic (exact) mass is 538 g/mol. The number of carbonyl (C=O) groups excluding carboxylic acids is 1. The number of hydrogen-bond donors (Lipinski definition) is 0. The number of halogens is 5. The number of methoxy groups -OCH3 is 1. The Labute approximate surface area is 213 Å². The largest absolute Gasteiger partial charge is 0.493 e. The van der Waals surface area contributed by atoms with Crippen molar-refractivity contribution < 1.29 is 19.0 Å². The number of hydrogen-bond acceptors (Lipinski definition) is 4. The third-order valence-corrected chi connectivity index (χ3v) is 7.63. The van der Waals surface area contributed by atoms with Crippen LogP contribution in [0.5, 0.6) is 17.2 Å². The van der Waals surface area contributed by atoms with Gasteiger partial charge in [-0.1, -0.05) is 77.3 Å². The number of carbonyl (C=O) groups is 1. The van der Waals surface area contributed by atoms with E-state index in [0.717, 1.165) is 25.7 Å². The molecule has 9 heteroatoms. The molecule has 32 heavy (non-hydrogen) atoms. The van der Waals surface area contributed by atoms with Crippen molar-refractivity contribution in [3.05, 3.63) is 48.9 Å². The van der Waals surface area contributed by atoms with Crippen molar-refractivity contribution in [2.24, 2.45) is 5.92 Å². The first kappa shape index (κ1) is 25.6. The standard InChI is InChI=1S/C23H23Cl5O4/c1-30-15-9-8-14(22(29)13-6-3-2-4-7-13)12-16(15)31-10-5-11-32-23-20(27)18(25)17(24)19(26)21(23)28/h8-9,12-13H,2-7,10-11H2,1H3. The molecule has 0 aliphatic heterocycles. The van der Waals surface area contributed by atoms with Crippen LogP contribution < -0.4 is 14.2 Å². The maximum atomic E-state index is 12.9. The van der Waals surface area contributed by atoms with E-state index in [0.29, 0.717) is 30.1 Å². The zero-order valence-corrected chi connectivity index (χ0v) is 21.3. The van der Waals surface area contributed by atoms with Gasteiger partial charge in [0.25, 0.3) is 0 Å². The molecule has 1 aliphatic rings. The number of Topliss-reactive ketones (excluding diaryl/α,β-unsaturated/α-hetero) is 1. The third-order valence-electron chi connectivity index (χ3n) is 5.39. The summed E-state index contributed by atoms with van der Waals surface area (Å²) in [5.74, 6) is 1.51. The number of rotatable bonds is 9. The Morgan fingerprint density at radius 1 is 0.844 bits per heavy atom. The lowest BCUT2D eigenvalue weighted by atomic mass is 9.84. The lowest BCUT2D eigenvalue weighted by Crippen LogP contribution is -2.18. The molecule has 0 atom stereocenters. The van der Waals surface area contributed by atoms with Crippen LogP contribution >= 0.6 is 58.0 Å². The van der Waals surface area contributed by atoms with Gasteiger partial charge in [0.1, 0.15) is 10.0 Å². The predicted molar refractivity (Wildman–Crippen MR) is 131 cm³/mol. The minimum atomic E-state index is 0.0776. The summed E-state index contributed by atoms with van der Waals surface area (Å²) in [4.78, 5) is 12.9. The summed E-state index contributed by atoms with van der Waals surface area (Å²) < 4.78 is 16.9. The highest BCUT2D eigenvalue weighted by molar-refractivity contribution is 6.55. The number of ketones is 1. The Hall–Kier alpha value is -1.04. The fourth-order valence-corrected chi connectivity index (χ4v) is 4.90. The van der Waals surface area contributed by atoms with Crippen LogP contribution in [0.3, 0.4) is 0 Å². The molecule has 0 N–H and O–H groups in total. The summed E-state index contributed by atoms with van der Waals surface area (Å²) in [6, 6.07) is 5.31. The van der Waals surface area contributed by atoms with Gasteiger partial charge in [0, 0.05) is 17.9 Å². The highest BCUT2D eigenvalue weighted by atomic mass is 35.5. The predicted octanol–water partition coefficient (Wildman–Crippen LogP) is 8.57. The van der Waals surface area contributed by atoms with E-state index >= 15 is 0 Å². The molecule has 174 valence electrons. The van der Waals surface area contributed by atoms with Gasteiger partial charge in [0.2, 0.25) is 0 Å². The molecule has 0 unspecified atom stereocenters. The maximum absolute atomic E-state index is 12.9. The molecular weight excluding hydrogens is 518 g/mol. The van der Waals surface area contributed by atoms with E-state index in [1.165, 1.54) is 6.42 Å². The van der Waals surface area contributed by atoms with Crippen LogP contribution in [0.25, 0.3) is 0 Å². The molecule has 1 aliphatic carbocycles. The number of ether oxygens (including phenoxy) is 3. The first-order valence-corrected chi connectivity index (χ1v) is 12.2. The van der Waals surface area contributed by atoms with Crippen LogP contribution in [-0.2, 0) is 0 Å². The highest BCUT2D eigenvalue weighted by Crippen LogP contribution is 2.48. The van der Waals surface area contributed by atoms with Gasteiger partial charge >= 0.3 is 0 Å². The SMILES string of the molecule is COc1ccc(C(=O)C2CCCCC2)cc1OCCCOc1c(Cl)c(Cl)c(Cl)c(Cl)c1Cl. The van der Waals surface area contributed by atoms with Gasteiger partial charge in [-0.15, -0.1) is 0 Å². The third kappa shape index (κ3) is 5.90. The molecule has 0 spiro atoms. The molecule has 3 rings (SSSR count). The molecule has 4 nitrogen and oxygen atoms in total. The van der Waals surface area contributed by atoms with Crippen molar-refractivity contribution in [1.82, 2.24) is 0 Å². The zero-order valence-electron chi connectivity index (χ0n) is 17.5. The zero-order chi connectivity index (χ0) is 23.3. The van der Waals surface area contributed by atoms with Crippen LogP contribution in [0.4, 0.5) is 0 Å². The molecule has 2 aromatic carbocycles. The van der Waals surface area contributed by atoms with Crippen LogP contribution in [-0.4, -0.2) is 26.1 Å². The van der Waals surface area contributed by atoms with Crippen molar-refractivity contribution >= 4 is 63.8 Å². The van der Waals surface area contributed by atoms with Crippen LogP contribution in [0.15, 0.2) is 18.2 Å². The van der Waals surface area contributed by atoms with Gasteiger partial charge < -0.3 is 14.2 Å². The lowest BCUT2D eigenvalue weighted by Gasteiger charge is -2.21. The molecule has 0 aromatic heterocycles. The summed E-state index contributed by atoms with van der Waals surface area (Å²) in [6.45, 7) is 0.568. The van der Waals surface area contributed by atoms with Crippen LogP contribution in [0.2, 0.25) is 25.1 Å². The fraction of sp³-hybridized carbons (Fsp3) is 0.435. The quantitative estimate of drug-likeness (QED) is 0.138. The number of benzene rings is 2. The topological polar surface area (TPSA) is 44.8 Å².